The summed E-state index contributed by atoms with van der Waals surface area (Å²) in [5.74, 6) is -1.40. The highest BCUT2D eigenvalue weighted by Gasteiger charge is 2.47. The first-order valence-electron chi connectivity index (χ1n) is 10.7. The first kappa shape index (κ1) is 23.3. The molecule has 2 fully saturated rings. The molecule has 12 heteroatoms. The number of nitrogens with zero attached hydrogens (tertiary/aromatic N) is 3. The average Bonchev–Trinajstić information content (AvgIpc) is 3.42. The summed E-state index contributed by atoms with van der Waals surface area (Å²) in [5, 5.41) is 6.60. The minimum Gasteiger partial charge on any atom is -0.361 e. The lowest BCUT2D eigenvalue weighted by molar-refractivity contribution is -0.128. The Morgan fingerprint density at radius 2 is 1.82 bits per heavy atom. The fourth-order valence-electron chi connectivity index (χ4n) is 4.24. The van der Waals surface area contributed by atoms with Crippen LogP contribution >= 0.6 is 0 Å². The molecule has 1 unspecified atom stereocenters. The monoisotopic (exact) mass is 479 g/mol. The van der Waals surface area contributed by atoms with Gasteiger partial charge in [0.25, 0.3) is 11.8 Å². The third kappa shape index (κ3) is 4.77. The molecular formula is C21H26FN5O5S. The van der Waals surface area contributed by atoms with Crippen molar-refractivity contribution in [3.8, 4) is 0 Å². The quantitative estimate of drug-likeness (QED) is 0.652. The van der Waals surface area contributed by atoms with Crippen molar-refractivity contribution in [2.75, 3.05) is 13.1 Å². The predicted molar refractivity (Wildman–Crippen MR) is 115 cm³/mol. The van der Waals surface area contributed by atoms with Gasteiger partial charge in [-0.1, -0.05) is 5.16 Å². The highest BCUT2D eigenvalue weighted by Crippen LogP contribution is 2.27. The van der Waals surface area contributed by atoms with Crippen molar-refractivity contribution in [3.63, 3.8) is 0 Å². The van der Waals surface area contributed by atoms with Crippen LogP contribution in [0, 0.1) is 12.7 Å². The molecule has 2 amide bonds. The first-order valence-corrected chi connectivity index (χ1v) is 12.2. The molecule has 1 aromatic heterocycles. The number of nitrogens with one attached hydrogen (secondary N) is 1. The van der Waals surface area contributed by atoms with Crippen molar-refractivity contribution in [2.45, 2.75) is 55.8 Å². The number of sulfonamides is 1. The molecule has 0 bridgehead atoms. The fourth-order valence-corrected chi connectivity index (χ4v) is 5.78. The van der Waals surface area contributed by atoms with E-state index in [0.29, 0.717) is 18.6 Å². The molecule has 3 N–H and O–H groups in total. The summed E-state index contributed by atoms with van der Waals surface area (Å²) in [6.45, 7) is 1.51. The molecule has 1 aromatic carbocycles. The van der Waals surface area contributed by atoms with E-state index in [4.69, 9.17) is 10.3 Å². The number of nitrogens with two attached hydrogens (primary N) is 1. The lowest BCUT2D eigenvalue weighted by Gasteiger charge is -2.32. The van der Waals surface area contributed by atoms with Gasteiger partial charge in [0, 0.05) is 31.2 Å². The van der Waals surface area contributed by atoms with E-state index < -0.39 is 33.8 Å². The third-order valence-electron chi connectivity index (χ3n) is 6.01. The topological polar surface area (TPSA) is 139 Å². The maximum Gasteiger partial charge on any atom is 0.277 e. The minimum atomic E-state index is -4.19. The Morgan fingerprint density at radius 1 is 1.15 bits per heavy atom. The van der Waals surface area contributed by atoms with E-state index in [-0.39, 0.29) is 35.8 Å². The summed E-state index contributed by atoms with van der Waals surface area (Å²) >= 11 is 0. The van der Waals surface area contributed by atoms with Crippen molar-refractivity contribution in [1.29, 1.82) is 0 Å². The number of hydrogen-bond acceptors (Lipinski definition) is 7. The smallest absolute Gasteiger partial charge is 0.277 e. The standard InChI is InChI=1S/C21H26FN5O5S/c1-13-12-18(25-32-13)21(29)26-10-11-27(33(30,31)17-8-2-14(22)3-9-17)20(26)19(28)24-16-6-4-15(23)5-7-16/h2-3,8-9,12,15-16,20H,4-7,10-11,23H2,1H3,(H,24,28). The number of aryl methyl sites for hydroxylation is 1. The molecule has 1 aliphatic carbocycles. The summed E-state index contributed by atoms with van der Waals surface area (Å²) in [6, 6.07) is 5.67. The zero-order valence-electron chi connectivity index (χ0n) is 18.1. The molecule has 1 aliphatic heterocycles. The molecule has 4 rings (SSSR count). The van der Waals surface area contributed by atoms with Crippen LogP contribution in [0.2, 0.25) is 0 Å². The van der Waals surface area contributed by atoms with Gasteiger partial charge in [-0.3, -0.25) is 9.59 Å². The second kappa shape index (κ2) is 9.20. The summed E-state index contributed by atoms with van der Waals surface area (Å²) in [7, 11) is -4.19. The van der Waals surface area contributed by atoms with E-state index in [2.05, 4.69) is 10.5 Å². The van der Waals surface area contributed by atoms with Crippen molar-refractivity contribution >= 4 is 21.8 Å². The Bertz CT molecular complexity index is 1130. The Labute approximate surface area is 190 Å². The lowest BCUT2D eigenvalue weighted by Crippen LogP contribution is -2.56. The lowest BCUT2D eigenvalue weighted by atomic mass is 9.92. The van der Waals surface area contributed by atoms with Gasteiger partial charge in [-0.15, -0.1) is 0 Å². The Hall–Kier alpha value is -2.83. The molecule has 1 saturated carbocycles. The van der Waals surface area contributed by atoms with E-state index in [1.807, 2.05) is 0 Å². The molecular weight excluding hydrogens is 453 g/mol. The molecule has 0 radical (unpaired) electrons. The SMILES string of the molecule is Cc1cc(C(=O)N2CCN(S(=O)(=O)c3ccc(F)cc3)C2C(=O)NC2CCC(N)CC2)no1. The van der Waals surface area contributed by atoms with Gasteiger partial charge in [0.2, 0.25) is 10.0 Å². The van der Waals surface area contributed by atoms with Gasteiger partial charge in [-0.25, -0.2) is 12.8 Å². The fraction of sp³-hybridized carbons (Fsp3) is 0.476. The summed E-state index contributed by atoms with van der Waals surface area (Å²) in [5.41, 5.74) is 5.92. The number of rotatable bonds is 5. The predicted octanol–water partition coefficient (Wildman–Crippen LogP) is 0.981. The second-order valence-electron chi connectivity index (χ2n) is 8.38. The van der Waals surface area contributed by atoms with E-state index in [1.165, 1.54) is 11.0 Å². The normalized spacial score (nSPS) is 24.1. The van der Waals surface area contributed by atoms with Gasteiger partial charge >= 0.3 is 0 Å². The van der Waals surface area contributed by atoms with Gasteiger partial charge in [0.1, 0.15) is 11.6 Å². The summed E-state index contributed by atoms with van der Waals surface area (Å²) < 4.78 is 46.0. The van der Waals surface area contributed by atoms with Crippen molar-refractivity contribution in [2.24, 2.45) is 5.73 Å². The van der Waals surface area contributed by atoms with Gasteiger partial charge in [0.15, 0.2) is 11.9 Å². The van der Waals surface area contributed by atoms with Crippen LogP contribution in [0.1, 0.15) is 41.9 Å². The highest BCUT2D eigenvalue weighted by atomic mass is 32.2. The molecule has 0 spiro atoms. The van der Waals surface area contributed by atoms with E-state index in [1.54, 1.807) is 6.92 Å². The molecule has 33 heavy (non-hydrogen) atoms. The average molecular weight is 480 g/mol. The number of carbonyl (C=O) groups is 2. The highest BCUT2D eigenvalue weighted by molar-refractivity contribution is 7.89. The van der Waals surface area contributed by atoms with Crippen LogP contribution in [-0.2, 0) is 14.8 Å². The van der Waals surface area contributed by atoms with Gasteiger partial charge in [0.05, 0.1) is 4.90 Å². The number of amides is 2. The molecule has 178 valence electrons. The number of hydrogen-bond donors (Lipinski definition) is 2. The van der Waals surface area contributed by atoms with E-state index >= 15 is 0 Å². The van der Waals surface area contributed by atoms with E-state index in [9.17, 15) is 22.4 Å². The molecule has 10 nitrogen and oxygen atoms in total. The van der Waals surface area contributed by atoms with Crippen LogP contribution in [0.3, 0.4) is 0 Å². The molecule has 2 heterocycles. The van der Waals surface area contributed by atoms with Crippen molar-refractivity contribution in [1.82, 2.24) is 19.7 Å². The van der Waals surface area contributed by atoms with Crippen molar-refractivity contribution in [3.05, 3.63) is 47.6 Å². The first-order chi connectivity index (χ1) is 15.7. The molecule has 1 saturated heterocycles. The molecule has 2 aromatic rings. The largest absolute Gasteiger partial charge is 0.361 e. The maximum atomic E-state index is 13.4. The van der Waals surface area contributed by atoms with Crippen LogP contribution in [0.25, 0.3) is 0 Å². The summed E-state index contributed by atoms with van der Waals surface area (Å²) in [6.07, 6.45) is 1.41. The molecule has 1 atom stereocenters. The zero-order chi connectivity index (χ0) is 23.8. The number of halogens is 1. The van der Waals surface area contributed by atoms with Gasteiger partial charge < -0.3 is 20.5 Å². The van der Waals surface area contributed by atoms with Crippen LogP contribution in [0.5, 0.6) is 0 Å². The Morgan fingerprint density at radius 3 is 2.42 bits per heavy atom. The van der Waals surface area contributed by atoms with Crippen LogP contribution in [-0.4, -0.2) is 65.9 Å². The van der Waals surface area contributed by atoms with Crippen molar-refractivity contribution < 1.29 is 26.9 Å². The van der Waals surface area contributed by atoms with Crippen LogP contribution < -0.4 is 11.1 Å². The van der Waals surface area contributed by atoms with Gasteiger partial charge in [-0.2, -0.15) is 4.31 Å². The van der Waals surface area contributed by atoms with Crippen LogP contribution in [0.15, 0.2) is 39.8 Å². The number of aromatic nitrogens is 1. The Kier molecular flexibility index (Phi) is 6.50. The second-order valence-corrected chi connectivity index (χ2v) is 10.3. The zero-order valence-corrected chi connectivity index (χ0v) is 18.9. The maximum absolute atomic E-state index is 13.4. The molecule has 2 aliphatic rings. The van der Waals surface area contributed by atoms with Gasteiger partial charge in [-0.05, 0) is 56.9 Å². The van der Waals surface area contributed by atoms with E-state index in [0.717, 1.165) is 41.4 Å². The third-order valence-corrected chi connectivity index (χ3v) is 7.88. The number of benzene rings is 1. The Balaban J connectivity index is 1.64. The minimum absolute atomic E-state index is 0.0151. The number of carbonyl (C=O) groups excluding carboxylic acids is 2. The van der Waals surface area contributed by atoms with Crippen LogP contribution in [0.4, 0.5) is 4.39 Å². The summed E-state index contributed by atoms with van der Waals surface area (Å²) in [4.78, 5) is 27.4.